The molecule has 2 aromatic carbocycles. The monoisotopic (exact) mass is 463 g/mol. The third kappa shape index (κ3) is 4.64. The summed E-state index contributed by atoms with van der Waals surface area (Å²) >= 11 is 0. The summed E-state index contributed by atoms with van der Waals surface area (Å²) in [6.45, 7) is 2.93. The number of nitrogens with zero attached hydrogens (tertiary/aromatic N) is 1. The van der Waals surface area contributed by atoms with Gasteiger partial charge in [-0.25, -0.2) is 0 Å². The first-order chi connectivity index (χ1) is 15.7. The fourth-order valence-corrected chi connectivity index (χ4v) is 4.10. The van der Waals surface area contributed by atoms with E-state index in [-0.39, 0.29) is 40.6 Å². The molecule has 0 bridgehead atoms. The molecule has 2 heterocycles. The molecule has 33 heavy (non-hydrogen) atoms. The number of benzene rings is 2. The minimum Gasteiger partial charge on any atom is -0.507 e. The van der Waals surface area contributed by atoms with Crippen molar-refractivity contribution in [1.82, 2.24) is 4.90 Å². The maximum absolute atomic E-state index is 13.9. The average Bonchev–Trinajstić information content (AvgIpc) is 2.78. The van der Waals surface area contributed by atoms with Gasteiger partial charge in [-0.05, 0) is 50.6 Å². The smallest absolute Gasteiger partial charge is 0.453 e. The van der Waals surface area contributed by atoms with Gasteiger partial charge < -0.3 is 19.0 Å². The van der Waals surface area contributed by atoms with Crippen molar-refractivity contribution in [1.29, 1.82) is 0 Å². The number of hydrogen-bond donors (Lipinski definition) is 1. The number of likely N-dealkylation sites (tertiary alicyclic amines) is 1. The molecule has 0 radical (unpaired) electrons. The number of rotatable bonds is 5. The van der Waals surface area contributed by atoms with Crippen molar-refractivity contribution in [3.05, 3.63) is 57.9 Å². The van der Waals surface area contributed by atoms with E-state index < -0.39 is 23.1 Å². The molecule has 1 aliphatic rings. The van der Waals surface area contributed by atoms with E-state index in [1.54, 1.807) is 6.07 Å². The molecule has 0 saturated carbocycles. The Balaban J connectivity index is 1.87. The van der Waals surface area contributed by atoms with Crippen molar-refractivity contribution in [2.75, 3.05) is 13.7 Å². The van der Waals surface area contributed by atoms with Gasteiger partial charge in [-0.1, -0.05) is 12.5 Å². The zero-order valence-electron chi connectivity index (χ0n) is 18.2. The molecule has 1 aromatic heterocycles. The van der Waals surface area contributed by atoms with Crippen LogP contribution >= 0.6 is 0 Å². The summed E-state index contributed by atoms with van der Waals surface area (Å²) in [6, 6.07) is 8.63. The minimum absolute atomic E-state index is 0.00681. The van der Waals surface area contributed by atoms with Crippen molar-refractivity contribution >= 4 is 11.0 Å². The number of fused-ring (bicyclic) bond motifs is 1. The van der Waals surface area contributed by atoms with Crippen molar-refractivity contribution < 1.29 is 32.2 Å². The fourth-order valence-electron chi connectivity index (χ4n) is 4.10. The molecule has 1 atom stereocenters. The Kier molecular flexibility index (Phi) is 6.25. The van der Waals surface area contributed by atoms with Crippen molar-refractivity contribution in [3.63, 3.8) is 0 Å². The van der Waals surface area contributed by atoms with E-state index in [0.29, 0.717) is 5.75 Å². The summed E-state index contributed by atoms with van der Waals surface area (Å²) in [5.41, 5.74) is -1.11. The normalized spacial score (nSPS) is 17.3. The van der Waals surface area contributed by atoms with Crippen LogP contribution < -0.4 is 14.9 Å². The van der Waals surface area contributed by atoms with Crippen LogP contribution in [0.3, 0.4) is 0 Å². The Morgan fingerprint density at radius 2 is 1.94 bits per heavy atom. The molecule has 1 saturated heterocycles. The van der Waals surface area contributed by atoms with Gasteiger partial charge in [-0.3, -0.25) is 9.69 Å². The number of methoxy groups -OCH3 is 1. The highest BCUT2D eigenvalue weighted by Crippen LogP contribution is 2.40. The maximum atomic E-state index is 13.9. The second-order valence-corrected chi connectivity index (χ2v) is 8.12. The number of phenolic OH excluding ortho intramolecular Hbond substituents is 1. The average molecular weight is 463 g/mol. The number of hydrogen-bond acceptors (Lipinski definition) is 6. The molecule has 9 heteroatoms. The van der Waals surface area contributed by atoms with Gasteiger partial charge in [-0.15, -0.1) is 0 Å². The number of alkyl halides is 3. The first-order valence-electron chi connectivity index (χ1n) is 10.6. The molecular formula is C24H24F3NO5. The molecule has 1 aliphatic heterocycles. The Morgan fingerprint density at radius 3 is 2.64 bits per heavy atom. The Bertz CT molecular complexity index is 1220. The molecule has 1 N–H and O–H groups in total. The summed E-state index contributed by atoms with van der Waals surface area (Å²) in [7, 11) is 1.40. The number of aromatic hydroxyl groups is 1. The zero-order chi connectivity index (χ0) is 23.8. The predicted molar refractivity (Wildman–Crippen MR) is 116 cm³/mol. The van der Waals surface area contributed by atoms with Gasteiger partial charge in [0.2, 0.25) is 11.2 Å². The maximum Gasteiger partial charge on any atom is 0.453 e. The fraction of sp³-hybridized carbons (Fsp3) is 0.375. The molecule has 0 aliphatic carbocycles. The SMILES string of the molecule is COc1cccc(Oc2c(C(F)(F)F)oc3c(CN4CCCC[C@@H]4C)c(O)ccc3c2=O)c1. The lowest BCUT2D eigenvalue weighted by molar-refractivity contribution is -0.154. The lowest BCUT2D eigenvalue weighted by atomic mass is 10.0. The van der Waals surface area contributed by atoms with Crippen molar-refractivity contribution in [2.24, 2.45) is 0 Å². The standard InChI is InChI=1S/C24H24F3NO5/c1-14-6-3-4-11-28(14)13-18-19(29)10-9-17-20(30)22(23(24(25,26)27)33-21(17)18)32-16-8-5-7-15(12-16)31-2/h5,7-10,12,14,29H,3-4,6,11,13H2,1-2H3/t14-/m0/s1. The molecular weight excluding hydrogens is 439 g/mol. The lowest BCUT2D eigenvalue weighted by Crippen LogP contribution is -2.36. The summed E-state index contributed by atoms with van der Waals surface area (Å²) in [6.07, 6.45) is -2.03. The Morgan fingerprint density at radius 1 is 1.18 bits per heavy atom. The van der Waals surface area contributed by atoms with E-state index in [4.69, 9.17) is 13.9 Å². The summed E-state index contributed by atoms with van der Waals surface area (Å²) in [5.74, 6) is -2.40. The highest BCUT2D eigenvalue weighted by atomic mass is 19.4. The molecule has 3 aromatic rings. The van der Waals surface area contributed by atoms with Crippen LogP contribution in [-0.2, 0) is 12.7 Å². The van der Waals surface area contributed by atoms with Gasteiger partial charge in [0.25, 0.3) is 5.76 Å². The van der Waals surface area contributed by atoms with Gasteiger partial charge in [-0.2, -0.15) is 13.2 Å². The van der Waals surface area contributed by atoms with Gasteiger partial charge in [0, 0.05) is 18.7 Å². The van der Waals surface area contributed by atoms with Crippen molar-refractivity contribution in [3.8, 4) is 23.0 Å². The number of piperidine rings is 1. The highest BCUT2D eigenvalue weighted by Gasteiger charge is 2.41. The molecule has 176 valence electrons. The van der Waals surface area contributed by atoms with Crippen LogP contribution in [0.4, 0.5) is 13.2 Å². The van der Waals surface area contributed by atoms with E-state index >= 15 is 0 Å². The van der Waals surface area contributed by atoms with E-state index in [2.05, 4.69) is 4.90 Å². The molecule has 4 rings (SSSR count). The first-order valence-corrected chi connectivity index (χ1v) is 10.6. The number of phenols is 1. The molecule has 0 unspecified atom stereocenters. The Labute approximate surface area is 188 Å². The molecule has 6 nitrogen and oxygen atoms in total. The lowest BCUT2D eigenvalue weighted by Gasteiger charge is -2.33. The number of ether oxygens (including phenoxy) is 2. The van der Waals surface area contributed by atoms with Crippen LogP contribution in [0.5, 0.6) is 23.0 Å². The van der Waals surface area contributed by atoms with Crippen molar-refractivity contribution in [2.45, 2.75) is 44.9 Å². The number of halogens is 3. The third-order valence-corrected chi connectivity index (χ3v) is 5.92. The summed E-state index contributed by atoms with van der Waals surface area (Å²) < 4.78 is 57.6. The van der Waals surface area contributed by atoms with Crippen LogP contribution in [-0.4, -0.2) is 29.7 Å². The minimum atomic E-state index is -5.00. The second-order valence-electron chi connectivity index (χ2n) is 8.12. The van der Waals surface area contributed by atoms with Crippen LogP contribution in [0, 0.1) is 0 Å². The van der Waals surface area contributed by atoms with E-state index in [1.807, 2.05) is 6.92 Å². The Hall–Kier alpha value is -3.20. The van der Waals surface area contributed by atoms with E-state index in [9.17, 15) is 23.1 Å². The largest absolute Gasteiger partial charge is 0.507 e. The first kappa shape index (κ1) is 23.0. The van der Waals surface area contributed by atoms with Gasteiger partial charge in [0.05, 0.1) is 18.1 Å². The van der Waals surface area contributed by atoms with E-state index in [1.165, 1.54) is 37.4 Å². The summed E-state index contributed by atoms with van der Waals surface area (Å²) in [5, 5.41) is 10.4. The summed E-state index contributed by atoms with van der Waals surface area (Å²) in [4.78, 5) is 15.2. The highest BCUT2D eigenvalue weighted by molar-refractivity contribution is 5.83. The van der Waals surface area contributed by atoms with Crippen LogP contribution in [0.15, 0.2) is 45.6 Å². The predicted octanol–water partition coefficient (Wildman–Crippen LogP) is 5.69. The van der Waals surface area contributed by atoms with Crippen LogP contribution in [0.1, 0.15) is 37.5 Å². The quantitative estimate of drug-likeness (QED) is 0.524. The topological polar surface area (TPSA) is 72.1 Å². The van der Waals surface area contributed by atoms with Gasteiger partial charge in [0.1, 0.15) is 22.8 Å². The van der Waals surface area contributed by atoms with Gasteiger partial charge in [0.15, 0.2) is 0 Å². The molecule has 1 fully saturated rings. The van der Waals surface area contributed by atoms with Crippen LogP contribution in [0.25, 0.3) is 11.0 Å². The second kappa shape index (κ2) is 8.97. The third-order valence-electron chi connectivity index (χ3n) is 5.92. The molecule has 0 spiro atoms. The van der Waals surface area contributed by atoms with Crippen LogP contribution in [0.2, 0.25) is 0 Å². The van der Waals surface area contributed by atoms with Gasteiger partial charge >= 0.3 is 6.18 Å². The molecule has 0 amide bonds. The van der Waals surface area contributed by atoms with E-state index in [0.717, 1.165) is 25.8 Å². The zero-order valence-corrected chi connectivity index (χ0v) is 18.2.